The van der Waals surface area contributed by atoms with Crippen LogP contribution in [0, 0.1) is 11.3 Å². The van der Waals surface area contributed by atoms with E-state index in [0.717, 1.165) is 0 Å². The molecule has 2 aromatic rings. The molecule has 2 aromatic carbocycles. The van der Waals surface area contributed by atoms with Crippen LogP contribution in [0.2, 0.25) is 0 Å². The Labute approximate surface area is 122 Å². The predicted molar refractivity (Wildman–Crippen MR) is 78.0 cm³/mol. The second kappa shape index (κ2) is 6.44. The molecule has 21 heavy (non-hydrogen) atoms. The number of nitrogens with two attached hydrogens (primary N) is 1. The lowest BCUT2D eigenvalue weighted by Gasteiger charge is -2.11. The number of nitriles is 1. The quantitative estimate of drug-likeness (QED) is 0.688. The molecule has 5 heteroatoms. The Bertz CT molecular complexity index is 688. The zero-order valence-corrected chi connectivity index (χ0v) is 11.5. The Balaban J connectivity index is 2.30. The summed E-state index contributed by atoms with van der Waals surface area (Å²) in [5.74, 6) is 0.380. The fraction of sp³-hybridized carbons (Fsp3) is 0.125. The molecule has 0 bridgehead atoms. The number of carbonyl (C=O) groups is 1. The van der Waals surface area contributed by atoms with Gasteiger partial charge in [-0.2, -0.15) is 5.26 Å². The summed E-state index contributed by atoms with van der Waals surface area (Å²) >= 11 is 0. The van der Waals surface area contributed by atoms with E-state index >= 15 is 0 Å². The highest BCUT2D eigenvalue weighted by Crippen LogP contribution is 2.28. The molecule has 0 aliphatic rings. The highest BCUT2D eigenvalue weighted by molar-refractivity contribution is 5.93. The van der Waals surface area contributed by atoms with Crippen LogP contribution in [0.1, 0.15) is 22.8 Å². The first kappa shape index (κ1) is 14.4. The van der Waals surface area contributed by atoms with Gasteiger partial charge in [0, 0.05) is 5.69 Å². The lowest BCUT2D eigenvalue weighted by molar-refractivity contribution is 0.0523. The van der Waals surface area contributed by atoms with Gasteiger partial charge >= 0.3 is 5.97 Å². The molecule has 2 N–H and O–H groups in total. The van der Waals surface area contributed by atoms with Gasteiger partial charge in [-0.15, -0.1) is 0 Å². The number of hydrogen-bond acceptors (Lipinski definition) is 5. The second-order valence-corrected chi connectivity index (χ2v) is 4.21. The third-order valence-corrected chi connectivity index (χ3v) is 2.71. The van der Waals surface area contributed by atoms with Crippen LogP contribution < -0.4 is 10.5 Å². The lowest BCUT2D eigenvalue weighted by Crippen LogP contribution is -2.07. The fourth-order valence-electron chi connectivity index (χ4n) is 1.73. The molecule has 0 spiro atoms. The summed E-state index contributed by atoms with van der Waals surface area (Å²) in [4.78, 5) is 11.9. The van der Waals surface area contributed by atoms with Crippen LogP contribution in [0.25, 0.3) is 0 Å². The van der Waals surface area contributed by atoms with Gasteiger partial charge in [-0.05, 0) is 49.4 Å². The van der Waals surface area contributed by atoms with Gasteiger partial charge in [0.15, 0.2) is 0 Å². The number of hydrogen-bond donors (Lipinski definition) is 1. The largest absolute Gasteiger partial charge is 0.462 e. The van der Waals surface area contributed by atoms with Crippen molar-refractivity contribution in [1.82, 2.24) is 0 Å². The molecule has 0 unspecified atom stereocenters. The zero-order valence-electron chi connectivity index (χ0n) is 11.5. The maximum absolute atomic E-state index is 11.9. The van der Waals surface area contributed by atoms with Crippen LogP contribution in [0.4, 0.5) is 5.69 Å². The van der Waals surface area contributed by atoms with E-state index in [4.69, 9.17) is 20.5 Å². The number of anilines is 1. The first-order chi connectivity index (χ1) is 10.1. The average molecular weight is 282 g/mol. The molecule has 0 radical (unpaired) electrons. The minimum Gasteiger partial charge on any atom is -0.462 e. The highest BCUT2D eigenvalue weighted by atomic mass is 16.5. The van der Waals surface area contributed by atoms with Gasteiger partial charge in [0.2, 0.25) is 0 Å². The Morgan fingerprint density at radius 2 is 1.95 bits per heavy atom. The SMILES string of the molecule is CCOC(=O)c1cc(N)ccc1Oc1ccc(C#N)cc1. The third-order valence-electron chi connectivity index (χ3n) is 2.71. The molecule has 0 aliphatic heterocycles. The van der Waals surface area contributed by atoms with Gasteiger partial charge in [0.25, 0.3) is 0 Å². The summed E-state index contributed by atoms with van der Waals surface area (Å²) in [5, 5.41) is 8.76. The fourth-order valence-corrected chi connectivity index (χ4v) is 1.73. The second-order valence-electron chi connectivity index (χ2n) is 4.21. The normalized spacial score (nSPS) is 9.71. The van der Waals surface area contributed by atoms with Gasteiger partial charge in [-0.1, -0.05) is 0 Å². The van der Waals surface area contributed by atoms with E-state index in [1.54, 1.807) is 43.3 Å². The van der Waals surface area contributed by atoms with Crippen molar-refractivity contribution < 1.29 is 14.3 Å². The first-order valence-electron chi connectivity index (χ1n) is 6.38. The van der Waals surface area contributed by atoms with Crippen molar-refractivity contribution in [3.05, 3.63) is 53.6 Å². The van der Waals surface area contributed by atoms with Crippen LogP contribution in [-0.2, 0) is 4.74 Å². The van der Waals surface area contributed by atoms with Crippen molar-refractivity contribution in [2.24, 2.45) is 0 Å². The molecule has 0 aromatic heterocycles. The molecule has 5 nitrogen and oxygen atoms in total. The maximum atomic E-state index is 11.9. The number of rotatable bonds is 4. The van der Waals surface area contributed by atoms with Crippen molar-refractivity contribution in [3.8, 4) is 17.6 Å². The number of esters is 1. The van der Waals surface area contributed by atoms with E-state index in [9.17, 15) is 4.79 Å². The smallest absolute Gasteiger partial charge is 0.342 e. The molecule has 0 atom stereocenters. The summed E-state index contributed by atoms with van der Waals surface area (Å²) in [6.45, 7) is 2.00. The monoisotopic (exact) mass is 282 g/mol. The molecule has 106 valence electrons. The Kier molecular flexibility index (Phi) is 4.42. The number of carbonyl (C=O) groups excluding carboxylic acids is 1. The standard InChI is InChI=1S/C16H14N2O3/c1-2-20-16(19)14-9-12(18)5-8-15(14)21-13-6-3-11(10-17)4-7-13/h3-9H,2,18H2,1H3. The summed E-state index contributed by atoms with van der Waals surface area (Å²) in [5.41, 5.74) is 6.94. The van der Waals surface area contributed by atoms with Crippen molar-refractivity contribution in [1.29, 1.82) is 5.26 Å². The minimum atomic E-state index is -0.492. The Morgan fingerprint density at radius 3 is 2.57 bits per heavy atom. The highest BCUT2D eigenvalue weighted by Gasteiger charge is 2.15. The number of nitrogens with zero attached hydrogens (tertiary/aromatic N) is 1. The molecule has 0 heterocycles. The van der Waals surface area contributed by atoms with E-state index in [0.29, 0.717) is 22.7 Å². The Morgan fingerprint density at radius 1 is 1.24 bits per heavy atom. The van der Waals surface area contributed by atoms with Gasteiger partial charge in [-0.25, -0.2) is 4.79 Å². The van der Waals surface area contributed by atoms with Crippen molar-refractivity contribution in [3.63, 3.8) is 0 Å². The van der Waals surface area contributed by atoms with E-state index in [1.807, 2.05) is 6.07 Å². The van der Waals surface area contributed by atoms with E-state index in [2.05, 4.69) is 0 Å². The molecule has 0 saturated heterocycles. The third kappa shape index (κ3) is 3.51. The minimum absolute atomic E-state index is 0.265. The molecular weight excluding hydrogens is 268 g/mol. The van der Waals surface area contributed by atoms with Crippen molar-refractivity contribution in [2.75, 3.05) is 12.3 Å². The maximum Gasteiger partial charge on any atom is 0.342 e. The van der Waals surface area contributed by atoms with Gasteiger partial charge in [0.1, 0.15) is 17.1 Å². The number of nitrogen functional groups attached to an aromatic ring is 1. The van der Waals surface area contributed by atoms with Crippen molar-refractivity contribution >= 4 is 11.7 Å². The molecule has 2 rings (SSSR count). The zero-order chi connectivity index (χ0) is 15.2. The Hall–Kier alpha value is -3.00. The van der Waals surface area contributed by atoms with Gasteiger partial charge < -0.3 is 15.2 Å². The van der Waals surface area contributed by atoms with Crippen LogP contribution >= 0.6 is 0 Å². The molecular formula is C16H14N2O3. The van der Waals surface area contributed by atoms with Crippen molar-refractivity contribution in [2.45, 2.75) is 6.92 Å². The van der Waals surface area contributed by atoms with E-state index in [1.165, 1.54) is 6.07 Å². The van der Waals surface area contributed by atoms with Crippen LogP contribution in [0.5, 0.6) is 11.5 Å². The van der Waals surface area contributed by atoms with Crippen LogP contribution in [-0.4, -0.2) is 12.6 Å². The molecule has 0 amide bonds. The topological polar surface area (TPSA) is 85.3 Å². The first-order valence-corrected chi connectivity index (χ1v) is 6.38. The lowest BCUT2D eigenvalue weighted by atomic mass is 10.1. The summed E-state index contributed by atoms with van der Waals surface area (Å²) in [6.07, 6.45) is 0. The summed E-state index contributed by atoms with van der Waals surface area (Å²) in [7, 11) is 0. The van der Waals surface area contributed by atoms with Crippen LogP contribution in [0.3, 0.4) is 0 Å². The summed E-state index contributed by atoms with van der Waals surface area (Å²) in [6, 6.07) is 13.4. The average Bonchev–Trinajstić information content (AvgIpc) is 2.50. The predicted octanol–water partition coefficient (Wildman–Crippen LogP) is 3.11. The number of ether oxygens (including phenoxy) is 2. The number of benzene rings is 2. The molecule has 0 fully saturated rings. The van der Waals surface area contributed by atoms with Crippen LogP contribution in [0.15, 0.2) is 42.5 Å². The van der Waals surface area contributed by atoms with Gasteiger partial charge in [0.05, 0.1) is 18.2 Å². The van der Waals surface area contributed by atoms with E-state index < -0.39 is 5.97 Å². The summed E-state index contributed by atoms with van der Waals surface area (Å²) < 4.78 is 10.6. The van der Waals surface area contributed by atoms with Gasteiger partial charge in [-0.3, -0.25) is 0 Å². The van der Waals surface area contributed by atoms with E-state index in [-0.39, 0.29) is 12.2 Å². The molecule has 0 saturated carbocycles. The molecule has 0 aliphatic carbocycles.